The number of nitrogens with one attached hydrogen (secondary N) is 1. The lowest BCUT2D eigenvalue weighted by Crippen LogP contribution is -2.46. The highest BCUT2D eigenvalue weighted by Gasteiger charge is 2.17. The van der Waals surface area contributed by atoms with Gasteiger partial charge in [-0.1, -0.05) is 24.3 Å². The van der Waals surface area contributed by atoms with E-state index in [9.17, 15) is 9.18 Å². The van der Waals surface area contributed by atoms with E-state index >= 15 is 0 Å². The number of nitrogens with zero attached hydrogens (tertiary/aromatic N) is 2. The van der Waals surface area contributed by atoms with Gasteiger partial charge in [0.1, 0.15) is 5.82 Å². The van der Waals surface area contributed by atoms with Gasteiger partial charge in [-0.05, 0) is 61.5 Å². The summed E-state index contributed by atoms with van der Waals surface area (Å²) in [4.78, 5) is 20.1. The van der Waals surface area contributed by atoms with E-state index in [1.165, 1.54) is 11.8 Å². The van der Waals surface area contributed by atoms with E-state index in [2.05, 4.69) is 39.0 Å². The van der Waals surface area contributed by atoms with Crippen molar-refractivity contribution in [2.24, 2.45) is 0 Å². The molecule has 5 heteroatoms. The van der Waals surface area contributed by atoms with Crippen LogP contribution in [0.3, 0.4) is 0 Å². The zero-order valence-electron chi connectivity index (χ0n) is 16.2. The number of aromatic amines is 1. The van der Waals surface area contributed by atoms with Gasteiger partial charge in [0.2, 0.25) is 0 Å². The molecule has 3 aromatic rings. The number of para-hydroxylation sites is 1. The Morgan fingerprint density at radius 2 is 1.79 bits per heavy atom. The minimum absolute atomic E-state index is 0.167. The molecule has 1 saturated heterocycles. The summed E-state index contributed by atoms with van der Waals surface area (Å²) in [6.07, 6.45) is 1.77. The standard InChI is InChI=1S/C23H26FN3O/c1-17-9-10-21(24)22-20(17)16-18(25-23(22)28)6-5-11-26-12-14-27(15-13-26)19-7-3-2-4-8-19/h2-4,7-10,16H,5-6,11-15H2,1H3,(H,25,28). The number of fused-ring (bicyclic) bond motifs is 1. The normalized spacial score (nSPS) is 15.3. The molecule has 1 aromatic heterocycles. The Labute approximate surface area is 164 Å². The van der Waals surface area contributed by atoms with Crippen LogP contribution in [0.4, 0.5) is 10.1 Å². The molecule has 2 aromatic carbocycles. The number of aryl methyl sites for hydroxylation is 2. The summed E-state index contributed by atoms with van der Waals surface area (Å²) < 4.78 is 14.0. The van der Waals surface area contributed by atoms with Crippen molar-refractivity contribution in [1.82, 2.24) is 9.88 Å². The molecule has 1 N–H and O–H groups in total. The monoisotopic (exact) mass is 379 g/mol. The molecule has 1 aliphatic rings. The number of H-pyrrole nitrogens is 1. The Morgan fingerprint density at radius 3 is 2.54 bits per heavy atom. The first-order valence-corrected chi connectivity index (χ1v) is 9.95. The average molecular weight is 379 g/mol. The molecule has 2 heterocycles. The number of anilines is 1. The Balaban J connectivity index is 1.34. The summed E-state index contributed by atoms with van der Waals surface area (Å²) in [6.45, 7) is 7.09. The van der Waals surface area contributed by atoms with Crippen LogP contribution in [-0.2, 0) is 6.42 Å². The maximum absolute atomic E-state index is 14.0. The summed E-state index contributed by atoms with van der Waals surface area (Å²) in [5, 5.41) is 0.885. The van der Waals surface area contributed by atoms with Gasteiger partial charge in [-0.15, -0.1) is 0 Å². The van der Waals surface area contributed by atoms with Gasteiger partial charge in [0.15, 0.2) is 0 Å². The zero-order chi connectivity index (χ0) is 19.5. The number of halogens is 1. The molecule has 1 aliphatic heterocycles. The molecule has 0 aliphatic carbocycles. The van der Waals surface area contributed by atoms with Crippen molar-refractivity contribution in [3.05, 3.63) is 76.0 Å². The summed E-state index contributed by atoms with van der Waals surface area (Å²) in [6, 6.07) is 15.6. The van der Waals surface area contributed by atoms with Crippen LogP contribution in [0.2, 0.25) is 0 Å². The van der Waals surface area contributed by atoms with Gasteiger partial charge in [0.25, 0.3) is 5.56 Å². The van der Waals surface area contributed by atoms with E-state index in [1.807, 2.05) is 19.1 Å². The third kappa shape index (κ3) is 3.94. The summed E-state index contributed by atoms with van der Waals surface area (Å²) in [7, 11) is 0. The largest absolute Gasteiger partial charge is 0.369 e. The molecule has 0 bridgehead atoms. The molecule has 4 rings (SSSR count). The van der Waals surface area contributed by atoms with Crippen LogP contribution in [-0.4, -0.2) is 42.6 Å². The van der Waals surface area contributed by atoms with Crippen LogP contribution in [0, 0.1) is 12.7 Å². The maximum atomic E-state index is 14.0. The highest BCUT2D eigenvalue weighted by molar-refractivity contribution is 5.85. The van der Waals surface area contributed by atoms with E-state index in [0.717, 1.165) is 62.2 Å². The molecule has 28 heavy (non-hydrogen) atoms. The number of hydrogen-bond acceptors (Lipinski definition) is 3. The van der Waals surface area contributed by atoms with Crippen molar-refractivity contribution in [1.29, 1.82) is 0 Å². The van der Waals surface area contributed by atoms with Crippen molar-refractivity contribution in [3.8, 4) is 0 Å². The highest BCUT2D eigenvalue weighted by atomic mass is 19.1. The second kappa shape index (κ2) is 8.15. The molecular weight excluding hydrogens is 353 g/mol. The molecule has 1 fully saturated rings. The predicted octanol–water partition coefficient (Wildman–Crippen LogP) is 3.73. The van der Waals surface area contributed by atoms with E-state index in [-0.39, 0.29) is 10.9 Å². The molecule has 0 amide bonds. The van der Waals surface area contributed by atoms with Crippen LogP contribution in [0.15, 0.2) is 53.3 Å². The van der Waals surface area contributed by atoms with Gasteiger partial charge >= 0.3 is 0 Å². The predicted molar refractivity (Wildman–Crippen MR) is 113 cm³/mol. The minimum Gasteiger partial charge on any atom is -0.369 e. The van der Waals surface area contributed by atoms with Crippen LogP contribution < -0.4 is 10.5 Å². The Bertz CT molecular complexity index is 1010. The van der Waals surface area contributed by atoms with Gasteiger partial charge in [-0.2, -0.15) is 0 Å². The Morgan fingerprint density at radius 1 is 1.04 bits per heavy atom. The number of aromatic nitrogens is 1. The number of benzene rings is 2. The smallest absolute Gasteiger partial charge is 0.259 e. The van der Waals surface area contributed by atoms with Crippen molar-refractivity contribution in [3.63, 3.8) is 0 Å². The SMILES string of the molecule is Cc1ccc(F)c2c(=O)[nH]c(CCCN3CCN(c4ccccc4)CC3)cc12. The fraction of sp³-hybridized carbons (Fsp3) is 0.348. The fourth-order valence-corrected chi connectivity index (χ4v) is 4.03. The van der Waals surface area contributed by atoms with Gasteiger partial charge in [-0.25, -0.2) is 4.39 Å². The van der Waals surface area contributed by atoms with E-state index in [1.54, 1.807) is 6.07 Å². The summed E-state index contributed by atoms with van der Waals surface area (Å²) in [5.74, 6) is -0.454. The average Bonchev–Trinajstić information content (AvgIpc) is 2.72. The molecular formula is C23H26FN3O. The molecule has 0 spiro atoms. The number of pyridine rings is 1. The van der Waals surface area contributed by atoms with Crippen molar-refractivity contribution < 1.29 is 4.39 Å². The Kier molecular flexibility index (Phi) is 5.44. The first kappa shape index (κ1) is 18.7. The van der Waals surface area contributed by atoms with Crippen molar-refractivity contribution >= 4 is 16.5 Å². The minimum atomic E-state index is -0.454. The van der Waals surface area contributed by atoms with Gasteiger partial charge in [-0.3, -0.25) is 9.69 Å². The first-order chi connectivity index (χ1) is 13.6. The zero-order valence-corrected chi connectivity index (χ0v) is 16.2. The number of hydrogen-bond donors (Lipinski definition) is 1. The summed E-state index contributed by atoms with van der Waals surface area (Å²) >= 11 is 0. The van der Waals surface area contributed by atoms with Crippen molar-refractivity contribution in [2.75, 3.05) is 37.6 Å². The quantitative estimate of drug-likeness (QED) is 0.734. The van der Waals surface area contributed by atoms with E-state index in [4.69, 9.17) is 0 Å². The van der Waals surface area contributed by atoms with Gasteiger partial charge in [0, 0.05) is 37.6 Å². The third-order valence-corrected chi connectivity index (χ3v) is 5.65. The fourth-order valence-electron chi connectivity index (χ4n) is 4.03. The van der Waals surface area contributed by atoms with Crippen LogP contribution in [0.5, 0.6) is 0 Å². The molecule has 4 nitrogen and oxygen atoms in total. The number of rotatable bonds is 5. The molecule has 0 atom stereocenters. The Hall–Kier alpha value is -2.66. The molecule has 0 saturated carbocycles. The second-order valence-electron chi connectivity index (χ2n) is 7.54. The molecule has 0 unspecified atom stereocenters. The van der Waals surface area contributed by atoms with Crippen LogP contribution >= 0.6 is 0 Å². The lowest BCUT2D eigenvalue weighted by molar-refractivity contribution is 0.255. The van der Waals surface area contributed by atoms with Gasteiger partial charge in [0.05, 0.1) is 5.39 Å². The van der Waals surface area contributed by atoms with Gasteiger partial charge < -0.3 is 9.88 Å². The van der Waals surface area contributed by atoms with Crippen LogP contribution in [0.25, 0.3) is 10.8 Å². The van der Waals surface area contributed by atoms with Crippen LogP contribution in [0.1, 0.15) is 17.7 Å². The molecule has 0 radical (unpaired) electrons. The maximum Gasteiger partial charge on any atom is 0.259 e. The third-order valence-electron chi connectivity index (χ3n) is 5.65. The lowest BCUT2D eigenvalue weighted by atomic mass is 10.0. The topological polar surface area (TPSA) is 39.3 Å². The first-order valence-electron chi connectivity index (χ1n) is 9.95. The second-order valence-corrected chi connectivity index (χ2v) is 7.54. The number of piperazine rings is 1. The van der Waals surface area contributed by atoms with E-state index in [0.29, 0.717) is 0 Å². The lowest BCUT2D eigenvalue weighted by Gasteiger charge is -2.36. The van der Waals surface area contributed by atoms with Crippen molar-refractivity contribution in [2.45, 2.75) is 19.8 Å². The van der Waals surface area contributed by atoms with E-state index < -0.39 is 5.82 Å². The molecule has 146 valence electrons. The summed E-state index contributed by atoms with van der Waals surface area (Å²) in [5.41, 5.74) is 2.78. The highest BCUT2D eigenvalue weighted by Crippen LogP contribution is 2.20.